The van der Waals surface area contributed by atoms with Gasteiger partial charge >= 0.3 is 6.03 Å². The molecule has 2 amide bonds. The van der Waals surface area contributed by atoms with E-state index in [9.17, 15) is 4.79 Å². The number of methoxy groups -OCH3 is 1. The van der Waals surface area contributed by atoms with Crippen LogP contribution in [0.4, 0.5) is 4.79 Å². The zero-order valence-corrected chi connectivity index (χ0v) is 14.6. The second-order valence-electron chi connectivity index (χ2n) is 5.30. The summed E-state index contributed by atoms with van der Waals surface area (Å²) in [4.78, 5) is 17.2. The van der Waals surface area contributed by atoms with Crippen LogP contribution < -0.4 is 15.4 Å². The summed E-state index contributed by atoms with van der Waals surface area (Å²) in [5.41, 5.74) is 2.23. The number of aromatic nitrogens is 1. The first-order valence-corrected chi connectivity index (χ1v) is 8.47. The van der Waals surface area contributed by atoms with Crippen molar-refractivity contribution in [3.05, 3.63) is 45.4 Å². The van der Waals surface area contributed by atoms with E-state index < -0.39 is 0 Å². The van der Waals surface area contributed by atoms with Gasteiger partial charge in [0.05, 0.1) is 24.4 Å². The highest BCUT2D eigenvalue weighted by Crippen LogP contribution is 2.16. The van der Waals surface area contributed by atoms with Gasteiger partial charge in [-0.15, -0.1) is 11.3 Å². The molecule has 0 spiro atoms. The summed E-state index contributed by atoms with van der Waals surface area (Å²) in [6, 6.07) is 7.87. The van der Waals surface area contributed by atoms with Crippen molar-refractivity contribution in [2.24, 2.45) is 0 Å². The third-order valence-electron chi connectivity index (χ3n) is 3.50. The van der Waals surface area contributed by atoms with E-state index >= 15 is 0 Å². The lowest BCUT2D eigenvalue weighted by molar-refractivity contribution is 0.240. The number of urea groups is 1. The maximum atomic E-state index is 11.8. The summed E-state index contributed by atoms with van der Waals surface area (Å²) in [6.07, 6.45) is 1.83. The summed E-state index contributed by atoms with van der Waals surface area (Å²) < 4.78 is 5.13. The predicted octanol–water partition coefficient (Wildman–Crippen LogP) is 3.20. The van der Waals surface area contributed by atoms with E-state index in [1.807, 2.05) is 38.1 Å². The Kier molecular flexibility index (Phi) is 6.40. The van der Waals surface area contributed by atoms with Crippen molar-refractivity contribution in [2.45, 2.75) is 33.2 Å². The SMILES string of the molecule is COc1ccc(CCCNC(=O)NCc2sc(C)nc2C)cc1. The molecule has 5 nitrogen and oxygen atoms in total. The number of ether oxygens (including phenoxy) is 1. The Morgan fingerprint density at radius 1 is 1.22 bits per heavy atom. The molecule has 1 aromatic carbocycles. The number of aryl methyl sites for hydroxylation is 3. The van der Waals surface area contributed by atoms with Crippen LogP contribution in [0.2, 0.25) is 0 Å². The Balaban J connectivity index is 1.63. The number of hydrogen-bond acceptors (Lipinski definition) is 4. The summed E-state index contributed by atoms with van der Waals surface area (Å²) in [5, 5.41) is 6.78. The molecule has 0 unspecified atom stereocenters. The average Bonchev–Trinajstić information content (AvgIpc) is 2.88. The van der Waals surface area contributed by atoms with Crippen LogP contribution in [-0.4, -0.2) is 24.7 Å². The van der Waals surface area contributed by atoms with Crippen molar-refractivity contribution in [3.8, 4) is 5.75 Å². The summed E-state index contributed by atoms with van der Waals surface area (Å²) >= 11 is 1.62. The maximum absolute atomic E-state index is 11.8. The second-order valence-corrected chi connectivity index (χ2v) is 6.59. The van der Waals surface area contributed by atoms with Gasteiger partial charge in [0.15, 0.2) is 0 Å². The molecule has 23 heavy (non-hydrogen) atoms. The molecule has 2 rings (SSSR count). The Morgan fingerprint density at radius 2 is 1.96 bits per heavy atom. The highest BCUT2D eigenvalue weighted by molar-refractivity contribution is 7.11. The lowest BCUT2D eigenvalue weighted by Gasteiger charge is -2.07. The van der Waals surface area contributed by atoms with E-state index in [0.29, 0.717) is 13.1 Å². The Bertz CT molecular complexity index is 638. The Labute approximate surface area is 141 Å². The van der Waals surface area contributed by atoms with Gasteiger partial charge in [0.1, 0.15) is 5.75 Å². The number of nitrogens with one attached hydrogen (secondary N) is 2. The van der Waals surface area contributed by atoms with Crippen LogP contribution in [-0.2, 0) is 13.0 Å². The van der Waals surface area contributed by atoms with E-state index in [2.05, 4.69) is 15.6 Å². The molecule has 0 fully saturated rings. The first kappa shape index (κ1) is 17.3. The Morgan fingerprint density at radius 3 is 2.57 bits per heavy atom. The van der Waals surface area contributed by atoms with E-state index in [4.69, 9.17) is 4.74 Å². The number of carbonyl (C=O) groups is 1. The zero-order chi connectivity index (χ0) is 16.7. The van der Waals surface area contributed by atoms with Crippen molar-refractivity contribution in [1.82, 2.24) is 15.6 Å². The Hall–Kier alpha value is -2.08. The molecule has 1 aromatic heterocycles. The van der Waals surface area contributed by atoms with Crippen LogP contribution in [0.25, 0.3) is 0 Å². The molecule has 1 heterocycles. The number of thiazole rings is 1. The third-order valence-corrected chi connectivity index (χ3v) is 4.57. The van der Waals surface area contributed by atoms with Crippen LogP contribution >= 0.6 is 11.3 Å². The molecule has 0 atom stereocenters. The van der Waals surface area contributed by atoms with Crippen molar-refractivity contribution in [3.63, 3.8) is 0 Å². The molecule has 0 radical (unpaired) electrons. The number of rotatable bonds is 7. The normalized spacial score (nSPS) is 10.4. The highest BCUT2D eigenvalue weighted by atomic mass is 32.1. The second kappa shape index (κ2) is 8.53. The lowest BCUT2D eigenvalue weighted by Crippen LogP contribution is -2.35. The van der Waals surface area contributed by atoms with Gasteiger partial charge in [0.25, 0.3) is 0 Å². The topological polar surface area (TPSA) is 63.2 Å². The molecular formula is C17H23N3O2S. The van der Waals surface area contributed by atoms with Crippen LogP contribution in [0, 0.1) is 13.8 Å². The predicted molar refractivity (Wildman–Crippen MR) is 93.1 cm³/mol. The zero-order valence-electron chi connectivity index (χ0n) is 13.8. The fourth-order valence-corrected chi connectivity index (χ4v) is 3.12. The molecule has 6 heteroatoms. The van der Waals surface area contributed by atoms with Crippen LogP contribution in [0.3, 0.4) is 0 Å². The number of benzene rings is 1. The van der Waals surface area contributed by atoms with Gasteiger partial charge in [0.2, 0.25) is 0 Å². The van der Waals surface area contributed by atoms with Crippen molar-refractivity contribution in [2.75, 3.05) is 13.7 Å². The van der Waals surface area contributed by atoms with E-state index in [1.165, 1.54) is 5.56 Å². The summed E-state index contributed by atoms with van der Waals surface area (Å²) in [6.45, 7) is 5.12. The van der Waals surface area contributed by atoms with Crippen LogP contribution in [0.1, 0.15) is 27.6 Å². The molecule has 2 N–H and O–H groups in total. The molecular weight excluding hydrogens is 310 g/mol. The van der Waals surface area contributed by atoms with Crippen molar-refractivity contribution in [1.29, 1.82) is 0 Å². The molecule has 124 valence electrons. The largest absolute Gasteiger partial charge is 0.497 e. The quantitative estimate of drug-likeness (QED) is 0.765. The molecule has 0 saturated heterocycles. The molecule has 0 aliphatic rings. The first-order chi connectivity index (χ1) is 11.1. The third kappa shape index (κ3) is 5.56. The average molecular weight is 333 g/mol. The molecule has 2 aromatic rings. The monoisotopic (exact) mass is 333 g/mol. The standard InChI is InChI=1S/C17H23N3O2S/c1-12-16(23-13(2)20-12)11-19-17(21)18-10-4-5-14-6-8-15(22-3)9-7-14/h6-9H,4-5,10-11H2,1-3H3,(H2,18,19,21). The number of amides is 2. The van der Waals surface area contributed by atoms with Crippen LogP contribution in [0.5, 0.6) is 5.75 Å². The highest BCUT2D eigenvalue weighted by Gasteiger charge is 2.06. The summed E-state index contributed by atoms with van der Waals surface area (Å²) in [5.74, 6) is 0.861. The molecule has 0 saturated carbocycles. The first-order valence-electron chi connectivity index (χ1n) is 7.66. The fourth-order valence-electron chi connectivity index (χ4n) is 2.25. The van der Waals surface area contributed by atoms with Gasteiger partial charge in [-0.1, -0.05) is 12.1 Å². The lowest BCUT2D eigenvalue weighted by atomic mass is 10.1. The smallest absolute Gasteiger partial charge is 0.315 e. The van der Waals surface area contributed by atoms with Gasteiger partial charge < -0.3 is 15.4 Å². The van der Waals surface area contributed by atoms with Crippen molar-refractivity contribution < 1.29 is 9.53 Å². The number of carbonyl (C=O) groups excluding carboxylic acids is 1. The molecule has 0 aliphatic heterocycles. The van der Waals surface area contributed by atoms with Crippen molar-refractivity contribution >= 4 is 17.4 Å². The molecule has 0 aliphatic carbocycles. The minimum atomic E-state index is -0.134. The van der Waals surface area contributed by atoms with Gasteiger partial charge in [-0.2, -0.15) is 0 Å². The van der Waals surface area contributed by atoms with Gasteiger partial charge in [-0.25, -0.2) is 9.78 Å². The molecule has 0 bridgehead atoms. The van der Waals surface area contributed by atoms with Gasteiger partial charge in [-0.3, -0.25) is 0 Å². The number of nitrogens with zero attached hydrogens (tertiary/aromatic N) is 1. The minimum Gasteiger partial charge on any atom is -0.497 e. The van der Waals surface area contributed by atoms with E-state index in [1.54, 1.807) is 18.4 Å². The van der Waals surface area contributed by atoms with Gasteiger partial charge in [-0.05, 0) is 44.4 Å². The fraction of sp³-hybridized carbons (Fsp3) is 0.412. The van der Waals surface area contributed by atoms with Gasteiger partial charge in [0, 0.05) is 11.4 Å². The summed E-state index contributed by atoms with van der Waals surface area (Å²) in [7, 11) is 1.66. The minimum absolute atomic E-state index is 0.134. The maximum Gasteiger partial charge on any atom is 0.315 e. The number of hydrogen-bond donors (Lipinski definition) is 2. The van der Waals surface area contributed by atoms with E-state index in [0.717, 1.165) is 34.2 Å². The van der Waals surface area contributed by atoms with Crippen LogP contribution in [0.15, 0.2) is 24.3 Å². The van der Waals surface area contributed by atoms with E-state index in [-0.39, 0.29) is 6.03 Å².